The summed E-state index contributed by atoms with van der Waals surface area (Å²) in [6.45, 7) is 6.85. The number of hydrogen-bond donors (Lipinski definition) is 0. The summed E-state index contributed by atoms with van der Waals surface area (Å²) in [7, 11) is 0. The summed E-state index contributed by atoms with van der Waals surface area (Å²) in [5.74, 6) is 3.45. The van der Waals surface area contributed by atoms with Gasteiger partial charge in [0.05, 0.1) is 0 Å². The zero-order valence-electron chi connectivity index (χ0n) is 18.1. The minimum atomic E-state index is -0.612. The molecule has 3 aromatic rings. The largest absolute Gasteiger partial charge is 0.485 e. The molecule has 0 bridgehead atoms. The van der Waals surface area contributed by atoms with Crippen molar-refractivity contribution in [2.45, 2.75) is 25.9 Å². The summed E-state index contributed by atoms with van der Waals surface area (Å²) in [6.07, 6.45) is 1.14. The molecule has 1 amide bonds. The van der Waals surface area contributed by atoms with E-state index in [1.165, 1.54) is 0 Å². The lowest BCUT2D eigenvalue weighted by Crippen LogP contribution is -2.54. The second-order valence-electron chi connectivity index (χ2n) is 8.19. The molecule has 2 aliphatic heterocycles. The van der Waals surface area contributed by atoms with E-state index in [0.29, 0.717) is 49.4 Å². The Morgan fingerprint density at radius 2 is 1.84 bits per heavy atom. The van der Waals surface area contributed by atoms with Crippen molar-refractivity contribution in [3.63, 3.8) is 0 Å². The number of benzene rings is 1. The first-order chi connectivity index (χ1) is 15.6. The van der Waals surface area contributed by atoms with Crippen LogP contribution in [0.1, 0.15) is 25.7 Å². The number of carbonyl (C=O) groups excluding carboxylic acids is 1. The van der Waals surface area contributed by atoms with Gasteiger partial charge >= 0.3 is 0 Å². The summed E-state index contributed by atoms with van der Waals surface area (Å²) in [6, 6.07) is 11.3. The van der Waals surface area contributed by atoms with Crippen molar-refractivity contribution in [1.29, 1.82) is 0 Å². The molecule has 2 aromatic heterocycles. The van der Waals surface area contributed by atoms with Gasteiger partial charge in [-0.25, -0.2) is 4.98 Å². The average Bonchev–Trinajstić information content (AvgIpc) is 3.34. The van der Waals surface area contributed by atoms with Gasteiger partial charge in [-0.15, -0.1) is 0 Å². The minimum Gasteiger partial charge on any atom is -0.485 e. The molecule has 32 heavy (non-hydrogen) atoms. The fourth-order valence-electron chi connectivity index (χ4n) is 3.79. The number of piperazine rings is 1. The molecule has 1 atom stereocenters. The highest BCUT2D eigenvalue weighted by Gasteiger charge is 2.32. The van der Waals surface area contributed by atoms with Gasteiger partial charge in [-0.05, 0) is 24.3 Å². The fourth-order valence-corrected chi connectivity index (χ4v) is 3.79. The average molecular weight is 435 g/mol. The molecule has 9 heteroatoms. The molecule has 1 aromatic carbocycles. The zero-order valence-corrected chi connectivity index (χ0v) is 18.1. The number of aromatic nitrogens is 3. The van der Waals surface area contributed by atoms with Crippen LogP contribution < -0.4 is 14.4 Å². The predicted molar refractivity (Wildman–Crippen MR) is 117 cm³/mol. The number of amides is 1. The smallest absolute Gasteiger partial charge is 0.267 e. The van der Waals surface area contributed by atoms with E-state index in [2.05, 4.69) is 20.0 Å². The van der Waals surface area contributed by atoms with Crippen LogP contribution in [0.3, 0.4) is 0 Å². The maximum absolute atomic E-state index is 12.9. The van der Waals surface area contributed by atoms with E-state index in [9.17, 15) is 4.79 Å². The van der Waals surface area contributed by atoms with Crippen LogP contribution in [0.25, 0.3) is 11.4 Å². The normalized spacial score (nSPS) is 18.2. The number of anilines is 1. The molecule has 166 valence electrons. The summed E-state index contributed by atoms with van der Waals surface area (Å²) in [5, 5.41) is 4.03. The van der Waals surface area contributed by atoms with E-state index in [1.54, 1.807) is 6.20 Å². The first-order valence-electron chi connectivity index (χ1n) is 10.8. The van der Waals surface area contributed by atoms with Crippen LogP contribution in [0.15, 0.2) is 47.1 Å². The van der Waals surface area contributed by atoms with Crippen molar-refractivity contribution in [1.82, 2.24) is 20.0 Å². The second-order valence-corrected chi connectivity index (χ2v) is 8.19. The number of hydrogen-bond acceptors (Lipinski definition) is 8. The molecule has 4 heterocycles. The Kier molecular flexibility index (Phi) is 5.38. The van der Waals surface area contributed by atoms with Crippen LogP contribution in [0.5, 0.6) is 11.5 Å². The first kappa shape index (κ1) is 20.3. The third kappa shape index (κ3) is 3.98. The van der Waals surface area contributed by atoms with Crippen molar-refractivity contribution >= 4 is 11.7 Å². The van der Waals surface area contributed by atoms with Gasteiger partial charge in [0.25, 0.3) is 5.91 Å². The Bertz CT molecular complexity index is 1090. The van der Waals surface area contributed by atoms with Gasteiger partial charge in [0.15, 0.2) is 11.5 Å². The van der Waals surface area contributed by atoms with Crippen LogP contribution >= 0.6 is 0 Å². The number of para-hydroxylation sites is 2. The van der Waals surface area contributed by atoms with E-state index in [0.717, 1.165) is 11.4 Å². The van der Waals surface area contributed by atoms with Crippen molar-refractivity contribution < 1.29 is 18.8 Å². The summed E-state index contributed by atoms with van der Waals surface area (Å²) < 4.78 is 16.8. The maximum Gasteiger partial charge on any atom is 0.267 e. The molecule has 1 unspecified atom stereocenters. The Morgan fingerprint density at radius 1 is 1.06 bits per heavy atom. The molecule has 5 rings (SSSR count). The van der Waals surface area contributed by atoms with Gasteiger partial charge in [0, 0.05) is 43.9 Å². The zero-order chi connectivity index (χ0) is 22.1. The number of fused-ring (bicyclic) bond motifs is 1. The SMILES string of the molecule is CC(C)c1nc(-c2ccc(N3CCN(C(=O)C4COc5ccccc5O4)CC3)nc2)no1. The van der Waals surface area contributed by atoms with Crippen LogP contribution in [0, 0.1) is 0 Å². The number of carbonyl (C=O) groups is 1. The van der Waals surface area contributed by atoms with Gasteiger partial charge in [0.2, 0.25) is 17.8 Å². The molecule has 0 spiro atoms. The molecule has 9 nitrogen and oxygen atoms in total. The molecule has 0 radical (unpaired) electrons. The van der Waals surface area contributed by atoms with Crippen LogP contribution in [-0.2, 0) is 4.79 Å². The van der Waals surface area contributed by atoms with Gasteiger partial charge in [-0.3, -0.25) is 4.79 Å². The molecule has 0 N–H and O–H groups in total. The Labute approximate surface area is 185 Å². The first-order valence-corrected chi connectivity index (χ1v) is 10.8. The van der Waals surface area contributed by atoms with E-state index in [1.807, 2.05) is 55.1 Å². The standard InChI is InChI=1S/C23H25N5O4/c1-15(2)22-25-21(26-32-22)16-7-8-20(24-13-16)27-9-11-28(12-10-27)23(29)19-14-30-17-5-3-4-6-18(17)31-19/h3-8,13,15,19H,9-12,14H2,1-2H3. The number of ether oxygens (including phenoxy) is 2. The third-order valence-electron chi connectivity index (χ3n) is 5.64. The highest BCUT2D eigenvalue weighted by atomic mass is 16.6. The third-order valence-corrected chi connectivity index (χ3v) is 5.64. The monoisotopic (exact) mass is 435 g/mol. The topological polar surface area (TPSA) is 93.8 Å². The van der Waals surface area contributed by atoms with Crippen LogP contribution in [-0.4, -0.2) is 64.8 Å². The Balaban J connectivity index is 1.18. The lowest BCUT2D eigenvalue weighted by Gasteiger charge is -2.37. The minimum absolute atomic E-state index is 0.0412. The molecular weight excluding hydrogens is 410 g/mol. The van der Waals surface area contributed by atoms with E-state index in [4.69, 9.17) is 14.0 Å². The summed E-state index contributed by atoms with van der Waals surface area (Å²) >= 11 is 0. The molecular formula is C23H25N5O4. The highest BCUT2D eigenvalue weighted by Crippen LogP contribution is 2.31. The van der Waals surface area contributed by atoms with Crippen LogP contribution in [0.4, 0.5) is 5.82 Å². The maximum atomic E-state index is 12.9. The van der Waals surface area contributed by atoms with Crippen molar-refractivity contribution in [2.24, 2.45) is 0 Å². The molecule has 0 aliphatic carbocycles. The summed E-state index contributed by atoms with van der Waals surface area (Å²) in [5.41, 5.74) is 0.813. The molecule has 1 fully saturated rings. The van der Waals surface area contributed by atoms with Crippen LogP contribution in [0.2, 0.25) is 0 Å². The molecule has 1 saturated heterocycles. The van der Waals surface area contributed by atoms with Gasteiger partial charge in [-0.2, -0.15) is 4.98 Å². The van der Waals surface area contributed by atoms with Gasteiger partial charge in [-0.1, -0.05) is 31.1 Å². The fraction of sp³-hybridized carbons (Fsp3) is 0.391. The lowest BCUT2D eigenvalue weighted by atomic mass is 10.2. The summed E-state index contributed by atoms with van der Waals surface area (Å²) in [4.78, 5) is 25.9. The Hall–Kier alpha value is -3.62. The number of pyridine rings is 1. The molecule has 2 aliphatic rings. The second kappa shape index (κ2) is 8.49. The quantitative estimate of drug-likeness (QED) is 0.618. The lowest BCUT2D eigenvalue weighted by molar-refractivity contribution is -0.141. The van der Waals surface area contributed by atoms with E-state index >= 15 is 0 Å². The predicted octanol–water partition coefficient (Wildman–Crippen LogP) is 2.74. The highest BCUT2D eigenvalue weighted by molar-refractivity contribution is 5.82. The van der Waals surface area contributed by atoms with Crippen molar-refractivity contribution in [2.75, 3.05) is 37.7 Å². The molecule has 0 saturated carbocycles. The van der Waals surface area contributed by atoms with Gasteiger partial charge in [0.1, 0.15) is 12.4 Å². The number of nitrogens with zero attached hydrogens (tertiary/aromatic N) is 5. The van der Waals surface area contributed by atoms with E-state index in [-0.39, 0.29) is 18.4 Å². The Morgan fingerprint density at radius 3 is 2.53 bits per heavy atom. The van der Waals surface area contributed by atoms with Crippen molar-refractivity contribution in [3.05, 3.63) is 48.5 Å². The van der Waals surface area contributed by atoms with Crippen molar-refractivity contribution in [3.8, 4) is 22.9 Å². The number of rotatable bonds is 4. The van der Waals surface area contributed by atoms with Gasteiger partial charge < -0.3 is 23.8 Å². The van der Waals surface area contributed by atoms with E-state index < -0.39 is 6.10 Å².